The molecule has 7 nitrogen and oxygen atoms in total. The van der Waals surface area contributed by atoms with Gasteiger partial charge in [-0.1, -0.05) is 26.0 Å². The molecule has 7 heteroatoms. The molecule has 1 aromatic carbocycles. The van der Waals surface area contributed by atoms with Gasteiger partial charge in [0.05, 0.1) is 19.8 Å². The summed E-state index contributed by atoms with van der Waals surface area (Å²) >= 11 is 0. The fourth-order valence-corrected chi connectivity index (χ4v) is 3.59. The Morgan fingerprint density at radius 2 is 1.97 bits per heavy atom. The van der Waals surface area contributed by atoms with Gasteiger partial charge in [-0.2, -0.15) is 0 Å². The fourth-order valence-electron chi connectivity index (χ4n) is 3.59. The summed E-state index contributed by atoms with van der Waals surface area (Å²) in [5.41, 5.74) is 2.28. The van der Waals surface area contributed by atoms with Gasteiger partial charge in [-0.25, -0.2) is 0 Å². The zero-order valence-corrected chi connectivity index (χ0v) is 19.4. The Hall–Kier alpha value is -1.83. The minimum Gasteiger partial charge on any atom is -0.491 e. The number of morpholine rings is 1. The van der Waals surface area contributed by atoms with E-state index in [1.54, 1.807) is 0 Å². The van der Waals surface area contributed by atoms with E-state index in [1.165, 1.54) is 5.56 Å². The van der Waals surface area contributed by atoms with Gasteiger partial charge in [-0.3, -0.25) is 9.89 Å². The van der Waals surface area contributed by atoms with E-state index in [9.17, 15) is 0 Å². The minimum atomic E-state index is 0.448. The molecule has 0 spiro atoms. The predicted octanol–water partition coefficient (Wildman–Crippen LogP) is 2.43. The molecule has 1 atom stereocenters. The highest BCUT2D eigenvalue weighted by atomic mass is 16.5. The van der Waals surface area contributed by atoms with E-state index in [4.69, 9.17) is 14.2 Å². The highest BCUT2D eigenvalue weighted by Crippen LogP contribution is 2.20. The first-order valence-electron chi connectivity index (χ1n) is 11.1. The largest absolute Gasteiger partial charge is 0.491 e. The van der Waals surface area contributed by atoms with Crippen molar-refractivity contribution in [3.05, 3.63) is 29.3 Å². The number of guanidine groups is 1. The molecule has 1 aromatic rings. The quantitative estimate of drug-likeness (QED) is 0.326. The van der Waals surface area contributed by atoms with Gasteiger partial charge in [0, 0.05) is 51.4 Å². The van der Waals surface area contributed by atoms with E-state index in [0.717, 1.165) is 50.1 Å². The molecule has 170 valence electrons. The van der Waals surface area contributed by atoms with Crippen LogP contribution in [0, 0.1) is 12.8 Å². The monoisotopic (exact) mass is 420 g/mol. The molecule has 1 unspecified atom stereocenters. The lowest BCUT2D eigenvalue weighted by atomic mass is 10.0. The van der Waals surface area contributed by atoms with Crippen molar-refractivity contribution in [3.63, 3.8) is 0 Å². The van der Waals surface area contributed by atoms with Crippen molar-refractivity contribution in [2.24, 2.45) is 10.9 Å². The van der Waals surface area contributed by atoms with E-state index in [-0.39, 0.29) is 0 Å². The van der Waals surface area contributed by atoms with Crippen LogP contribution in [0.2, 0.25) is 0 Å². The van der Waals surface area contributed by atoms with E-state index in [0.29, 0.717) is 38.3 Å². The standard InChI is InChI=1S/C23H40N4O3/c1-6-28-13-14-30-22-15-19(4)7-8-20(22)16-25-23(24-5)26-17-21(18(2)3)27-9-11-29-12-10-27/h7-8,15,18,21H,6,9-14,16-17H2,1-5H3,(H2,24,25,26). The average Bonchev–Trinajstić information content (AvgIpc) is 2.75. The molecule has 2 N–H and O–H groups in total. The number of ether oxygens (including phenoxy) is 3. The zero-order valence-electron chi connectivity index (χ0n) is 19.4. The number of hydrogen-bond donors (Lipinski definition) is 2. The Morgan fingerprint density at radius 3 is 2.63 bits per heavy atom. The molecule has 1 aliphatic heterocycles. The molecule has 30 heavy (non-hydrogen) atoms. The first kappa shape index (κ1) is 24.4. The summed E-state index contributed by atoms with van der Waals surface area (Å²) in [6, 6.07) is 6.74. The Bertz CT molecular complexity index is 645. The zero-order chi connectivity index (χ0) is 21.8. The SMILES string of the molecule is CCOCCOc1cc(C)ccc1CNC(=NC)NCC(C(C)C)N1CCOCC1. The summed E-state index contributed by atoms with van der Waals surface area (Å²) in [7, 11) is 1.81. The maximum Gasteiger partial charge on any atom is 0.191 e. The van der Waals surface area contributed by atoms with Crippen LogP contribution in [0.1, 0.15) is 31.9 Å². The summed E-state index contributed by atoms with van der Waals surface area (Å²) in [6.07, 6.45) is 0. The van der Waals surface area contributed by atoms with Crippen molar-refractivity contribution in [1.29, 1.82) is 0 Å². The number of aliphatic imine (C=N–C) groups is 1. The van der Waals surface area contributed by atoms with Crippen LogP contribution in [0.25, 0.3) is 0 Å². The van der Waals surface area contributed by atoms with Crippen LogP contribution in [0.3, 0.4) is 0 Å². The van der Waals surface area contributed by atoms with Crippen LogP contribution in [0.5, 0.6) is 5.75 Å². The topological polar surface area (TPSA) is 67.4 Å². The Morgan fingerprint density at radius 1 is 1.20 bits per heavy atom. The Balaban J connectivity index is 1.90. The fraction of sp³-hybridized carbons (Fsp3) is 0.696. The van der Waals surface area contributed by atoms with Crippen molar-refractivity contribution in [2.75, 3.05) is 59.7 Å². The van der Waals surface area contributed by atoms with Gasteiger partial charge in [0.2, 0.25) is 0 Å². The van der Waals surface area contributed by atoms with Crippen molar-refractivity contribution < 1.29 is 14.2 Å². The molecular weight excluding hydrogens is 380 g/mol. The molecule has 1 heterocycles. The lowest BCUT2D eigenvalue weighted by molar-refractivity contribution is 0.00752. The van der Waals surface area contributed by atoms with Gasteiger partial charge in [-0.05, 0) is 31.4 Å². The number of hydrogen-bond acceptors (Lipinski definition) is 5. The lowest BCUT2D eigenvalue weighted by Gasteiger charge is -2.37. The van der Waals surface area contributed by atoms with Crippen LogP contribution < -0.4 is 15.4 Å². The molecule has 0 aromatic heterocycles. The highest BCUT2D eigenvalue weighted by Gasteiger charge is 2.23. The molecule has 0 aliphatic carbocycles. The molecule has 0 amide bonds. The molecular formula is C23H40N4O3. The first-order valence-corrected chi connectivity index (χ1v) is 11.1. The molecule has 1 fully saturated rings. The van der Waals surface area contributed by atoms with Crippen LogP contribution in [0.15, 0.2) is 23.2 Å². The molecule has 0 saturated carbocycles. The second-order valence-corrected chi connectivity index (χ2v) is 7.92. The average molecular weight is 421 g/mol. The molecule has 1 aliphatic rings. The molecule has 0 bridgehead atoms. The third-order valence-electron chi connectivity index (χ3n) is 5.34. The van der Waals surface area contributed by atoms with E-state index >= 15 is 0 Å². The number of rotatable bonds is 11. The van der Waals surface area contributed by atoms with Gasteiger partial charge in [0.1, 0.15) is 12.4 Å². The maximum absolute atomic E-state index is 5.95. The second kappa shape index (κ2) is 13.5. The van der Waals surface area contributed by atoms with E-state index in [2.05, 4.69) is 59.5 Å². The summed E-state index contributed by atoms with van der Waals surface area (Å²) in [5, 5.41) is 6.93. The van der Waals surface area contributed by atoms with Crippen LogP contribution in [-0.4, -0.2) is 76.6 Å². The van der Waals surface area contributed by atoms with Gasteiger partial charge < -0.3 is 24.8 Å². The lowest BCUT2D eigenvalue weighted by Crippen LogP contribution is -2.52. The van der Waals surface area contributed by atoms with Gasteiger partial charge in [0.15, 0.2) is 5.96 Å². The van der Waals surface area contributed by atoms with Crippen LogP contribution in [0.4, 0.5) is 0 Å². The van der Waals surface area contributed by atoms with Crippen molar-refractivity contribution in [1.82, 2.24) is 15.5 Å². The third-order valence-corrected chi connectivity index (χ3v) is 5.34. The van der Waals surface area contributed by atoms with E-state index < -0.39 is 0 Å². The third kappa shape index (κ3) is 8.13. The predicted molar refractivity (Wildman–Crippen MR) is 122 cm³/mol. The van der Waals surface area contributed by atoms with Gasteiger partial charge in [0.25, 0.3) is 0 Å². The smallest absolute Gasteiger partial charge is 0.191 e. The van der Waals surface area contributed by atoms with Gasteiger partial charge in [-0.15, -0.1) is 0 Å². The number of nitrogens with zero attached hydrogens (tertiary/aromatic N) is 2. The van der Waals surface area contributed by atoms with Crippen molar-refractivity contribution >= 4 is 5.96 Å². The minimum absolute atomic E-state index is 0.448. The highest BCUT2D eigenvalue weighted by molar-refractivity contribution is 5.79. The number of benzene rings is 1. The molecule has 1 saturated heterocycles. The first-order chi connectivity index (χ1) is 14.5. The number of aryl methyl sites for hydroxylation is 1. The normalized spacial score (nSPS) is 16.5. The van der Waals surface area contributed by atoms with Crippen molar-refractivity contribution in [3.8, 4) is 5.75 Å². The summed E-state index contributed by atoms with van der Waals surface area (Å²) in [6.45, 7) is 15.6. The summed E-state index contributed by atoms with van der Waals surface area (Å²) < 4.78 is 16.8. The summed E-state index contributed by atoms with van der Waals surface area (Å²) in [4.78, 5) is 6.92. The Labute approximate surface area is 182 Å². The van der Waals surface area contributed by atoms with Crippen LogP contribution >= 0.6 is 0 Å². The van der Waals surface area contributed by atoms with E-state index in [1.807, 2.05) is 14.0 Å². The van der Waals surface area contributed by atoms with Crippen molar-refractivity contribution in [2.45, 2.75) is 40.3 Å². The molecule has 0 radical (unpaired) electrons. The summed E-state index contributed by atoms with van der Waals surface area (Å²) in [5.74, 6) is 2.25. The number of nitrogens with one attached hydrogen (secondary N) is 2. The second-order valence-electron chi connectivity index (χ2n) is 7.92. The van der Waals surface area contributed by atoms with Gasteiger partial charge >= 0.3 is 0 Å². The van der Waals surface area contributed by atoms with Crippen LogP contribution in [-0.2, 0) is 16.0 Å². The maximum atomic E-state index is 5.95. The molecule has 2 rings (SSSR count). The Kier molecular flexibility index (Phi) is 11.0.